The van der Waals surface area contributed by atoms with Gasteiger partial charge in [-0.3, -0.25) is 4.79 Å². The number of aryl methyl sites for hydroxylation is 1. The Labute approximate surface area is 135 Å². The number of halogens is 1. The second-order valence-electron chi connectivity index (χ2n) is 4.80. The normalized spacial score (nSPS) is 10.7. The maximum absolute atomic E-state index is 11.0. The van der Waals surface area contributed by atoms with Gasteiger partial charge in [-0.05, 0) is 30.7 Å². The maximum Gasteiger partial charge on any atom is 0.150 e. The lowest BCUT2D eigenvalue weighted by Crippen LogP contribution is -2.01. The molecule has 0 aliphatic rings. The van der Waals surface area contributed by atoms with Crippen molar-refractivity contribution >= 4 is 40.1 Å². The van der Waals surface area contributed by atoms with Gasteiger partial charge >= 0.3 is 0 Å². The Morgan fingerprint density at radius 3 is 2.90 bits per heavy atom. The monoisotopic (exact) mass is 390 g/mol. The number of carbonyl (C=O) groups is 1. The number of carbonyl (C=O) groups excluding carboxylic acids is 1. The van der Waals surface area contributed by atoms with Crippen molar-refractivity contribution in [3.05, 3.63) is 53.0 Å². The number of hydrogen-bond donors (Lipinski definition) is 0. The summed E-state index contributed by atoms with van der Waals surface area (Å²) in [6, 6.07) is 7.75. The van der Waals surface area contributed by atoms with Crippen molar-refractivity contribution in [3.63, 3.8) is 0 Å². The Hall–Kier alpha value is -2.14. The number of nitriles is 1. The zero-order valence-corrected chi connectivity index (χ0v) is 13.4. The third-order valence-electron chi connectivity index (χ3n) is 3.58. The minimum Gasteiger partial charge on any atom is -0.328 e. The molecule has 21 heavy (non-hydrogen) atoms. The summed E-state index contributed by atoms with van der Waals surface area (Å²) >= 11 is 2.08. The van der Waals surface area contributed by atoms with Crippen LogP contribution < -0.4 is 0 Å². The fourth-order valence-electron chi connectivity index (χ4n) is 2.48. The predicted octanol–water partition coefficient (Wildman–Crippen LogP) is 3.08. The van der Waals surface area contributed by atoms with E-state index in [-0.39, 0.29) is 0 Å². The Bertz CT molecular complexity index is 885. The van der Waals surface area contributed by atoms with Gasteiger partial charge in [0.1, 0.15) is 18.0 Å². The van der Waals surface area contributed by atoms with E-state index in [1.165, 1.54) is 0 Å². The van der Waals surface area contributed by atoms with Gasteiger partial charge in [0.25, 0.3) is 0 Å². The summed E-state index contributed by atoms with van der Waals surface area (Å²) in [6.07, 6.45) is 4.55. The molecule has 2 heterocycles. The Kier molecular flexibility index (Phi) is 3.51. The van der Waals surface area contributed by atoms with Crippen LogP contribution in [-0.2, 0) is 6.54 Å². The van der Waals surface area contributed by atoms with Gasteiger partial charge in [-0.25, -0.2) is 2.90 Å². The maximum atomic E-state index is 11.0. The zero-order chi connectivity index (χ0) is 15.0. The first-order chi connectivity index (χ1) is 10.1. The molecule has 6 heteroatoms. The minimum atomic E-state index is 0.579. The number of fused-ring (bicyclic) bond motifs is 1. The second-order valence-corrected chi connectivity index (χ2v) is 5.78. The lowest BCUT2D eigenvalue weighted by molar-refractivity contribution is 0.112. The standard InChI is InChI=1S/C15H11IN4O/c1-10-12(9-21)2-3-15-14(10)4-13(5-17)19(15)7-11-6-18-20(16)8-11/h2-4,6,8-9H,7H2,1H3. The smallest absolute Gasteiger partial charge is 0.150 e. The third-order valence-corrected chi connectivity index (χ3v) is 4.11. The Balaban J connectivity index is 2.19. The Morgan fingerprint density at radius 2 is 2.29 bits per heavy atom. The van der Waals surface area contributed by atoms with Crippen LogP contribution >= 0.6 is 22.9 Å². The highest BCUT2D eigenvalue weighted by atomic mass is 127. The largest absolute Gasteiger partial charge is 0.328 e. The van der Waals surface area contributed by atoms with Crippen molar-refractivity contribution in [3.8, 4) is 6.07 Å². The van der Waals surface area contributed by atoms with Crippen LogP contribution in [0.5, 0.6) is 0 Å². The molecule has 104 valence electrons. The van der Waals surface area contributed by atoms with Crippen LogP contribution in [0.2, 0.25) is 0 Å². The first-order valence-corrected chi connectivity index (χ1v) is 7.28. The zero-order valence-electron chi connectivity index (χ0n) is 11.2. The number of benzene rings is 1. The highest BCUT2D eigenvalue weighted by Crippen LogP contribution is 2.26. The summed E-state index contributed by atoms with van der Waals surface area (Å²) in [5, 5.41) is 14.4. The number of rotatable bonds is 3. The lowest BCUT2D eigenvalue weighted by atomic mass is 10.1. The molecule has 5 nitrogen and oxygen atoms in total. The first-order valence-electron chi connectivity index (χ1n) is 6.32. The summed E-state index contributed by atoms with van der Waals surface area (Å²) in [4.78, 5) is 11.0. The van der Waals surface area contributed by atoms with E-state index < -0.39 is 0 Å². The van der Waals surface area contributed by atoms with Crippen LogP contribution in [0.1, 0.15) is 27.2 Å². The molecule has 0 bridgehead atoms. The molecule has 0 saturated heterocycles. The molecule has 3 aromatic rings. The van der Waals surface area contributed by atoms with Crippen LogP contribution in [0.25, 0.3) is 10.9 Å². The molecule has 0 amide bonds. The van der Waals surface area contributed by atoms with Crippen molar-refractivity contribution in [1.82, 2.24) is 12.6 Å². The van der Waals surface area contributed by atoms with Crippen molar-refractivity contribution in [1.29, 1.82) is 5.26 Å². The van der Waals surface area contributed by atoms with Gasteiger partial charge in [0, 0.05) is 28.2 Å². The van der Waals surface area contributed by atoms with E-state index in [9.17, 15) is 10.1 Å². The van der Waals surface area contributed by atoms with E-state index in [1.54, 1.807) is 15.2 Å². The van der Waals surface area contributed by atoms with Gasteiger partial charge in [0.15, 0.2) is 0 Å². The summed E-state index contributed by atoms with van der Waals surface area (Å²) in [7, 11) is 0. The quantitative estimate of drug-likeness (QED) is 0.510. The molecular weight excluding hydrogens is 379 g/mol. The van der Waals surface area contributed by atoms with E-state index in [0.29, 0.717) is 17.8 Å². The van der Waals surface area contributed by atoms with Gasteiger partial charge in [-0.1, -0.05) is 0 Å². The predicted molar refractivity (Wildman–Crippen MR) is 87.5 cm³/mol. The van der Waals surface area contributed by atoms with Crippen molar-refractivity contribution < 1.29 is 4.79 Å². The van der Waals surface area contributed by atoms with Crippen molar-refractivity contribution in [2.45, 2.75) is 13.5 Å². The highest BCUT2D eigenvalue weighted by molar-refractivity contribution is 14.1. The van der Waals surface area contributed by atoms with Gasteiger partial charge in [0.05, 0.1) is 35.6 Å². The fourth-order valence-corrected chi connectivity index (χ4v) is 2.96. The van der Waals surface area contributed by atoms with Crippen molar-refractivity contribution in [2.75, 3.05) is 0 Å². The summed E-state index contributed by atoms with van der Waals surface area (Å²) in [5.74, 6) is 0. The van der Waals surface area contributed by atoms with Crippen LogP contribution in [0.15, 0.2) is 30.6 Å². The first kappa shape index (κ1) is 13.8. The van der Waals surface area contributed by atoms with E-state index in [2.05, 4.69) is 34.0 Å². The van der Waals surface area contributed by atoms with Gasteiger partial charge in [0.2, 0.25) is 0 Å². The Morgan fingerprint density at radius 1 is 1.48 bits per heavy atom. The molecule has 0 N–H and O–H groups in total. The van der Waals surface area contributed by atoms with E-state index in [0.717, 1.165) is 28.3 Å². The molecule has 0 fully saturated rings. The SMILES string of the molecule is Cc1c(C=O)ccc2c1cc(C#N)n2Cc1cnn(I)c1. The topological polar surface area (TPSA) is 63.6 Å². The molecule has 0 spiro atoms. The number of hydrogen-bond acceptors (Lipinski definition) is 3. The molecule has 2 aromatic heterocycles. The molecule has 0 unspecified atom stereocenters. The van der Waals surface area contributed by atoms with Crippen LogP contribution in [-0.4, -0.2) is 18.8 Å². The van der Waals surface area contributed by atoms with Crippen molar-refractivity contribution in [2.24, 2.45) is 0 Å². The number of nitrogens with zero attached hydrogens (tertiary/aromatic N) is 4. The van der Waals surface area contributed by atoms with E-state index in [4.69, 9.17) is 0 Å². The average Bonchev–Trinajstić information content (AvgIpc) is 3.04. The van der Waals surface area contributed by atoms with Gasteiger partial charge < -0.3 is 4.57 Å². The van der Waals surface area contributed by atoms with Gasteiger partial charge in [-0.15, -0.1) is 0 Å². The van der Waals surface area contributed by atoms with Crippen LogP contribution in [0.4, 0.5) is 0 Å². The molecular formula is C15H11IN4O. The molecule has 0 radical (unpaired) electrons. The third kappa shape index (κ3) is 2.34. The molecule has 3 rings (SSSR count). The van der Waals surface area contributed by atoms with E-state index in [1.807, 2.05) is 29.8 Å². The van der Waals surface area contributed by atoms with E-state index >= 15 is 0 Å². The molecule has 0 aliphatic heterocycles. The summed E-state index contributed by atoms with van der Waals surface area (Å²) in [5.41, 5.74) is 4.12. The van der Waals surface area contributed by atoms with Crippen LogP contribution in [0, 0.1) is 18.3 Å². The highest BCUT2D eigenvalue weighted by Gasteiger charge is 2.13. The van der Waals surface area contributed by atoms with Gasteiger partial charge in [-0.2, -0.15) is 10.4 Å². The van der Waals surface area contributed by atoms with Crippen LogP contribution in [0.3, 0.4) is 0 Å². The minimum absolute atomic E-state index is 0.579. The molecule has 0 saturated carbocycles. The molecule has 0 aliphatic carbocycles. The average molecular weight is 390 g/mol. The molecule has 1 aromatic carbocycles. The number of aromatic nitrogens is 3. The second kappa shape index (κ2) is 5.33. The summed E-state index contributed by atoms with van der Waals surface area (Å²) < 4.78 is 3.66. The fraction of sp³-hybridized carbons (Fsp3) is 0.133. The number of aldehydes is 1. The lowest BCUT2D eigenvalue weighted by Gasteiger charge is -2.06. The summed E-state index contributed by atoms with van der Waals surface area (Å²) in [6.45, 7) is 2.48. The molecule has 0 atom stereocenters.